The number of hydrogen-bond acceptors (Lipinski definition) is 4. The van der Waals surface area contributed by atoms with Gasteiger partial charge in [-0.1, -0.05) is 19.4 Å². The van der Waals surface area contributed by atoms with Crippen LogP contribution in [-0.4, -0.2) is 30.7 Å². The molecule has 0 aliphatic carbocycles. The van der Waals surface area contributed by atoms with Gasteiger partial charge in [0.15, 0.2) is 5.78 Å². The van der Waals surface area contributed by atoms with Crippen molar-refractivity contribution in [1.82, 2.24) is 5.32 Å². The third-order valence-electron chi connectivity index (χ3n) is 3.60. The lowest BCUT2D eigenvalue weighted by Gasteiger charge is -2.27. The lowest BCUT2D eigenvalue weighted by Crippen LogP contribution is -2.56. The zero-order chi connectivity index (χ0) is 19.7. The number of Topliss-reactive ketones (excluding diaryl/α,β-unsaturated/α-hetero) is 1. The van der Waals surface area contributed by atoms with Gasteiger partial charge in [-0.2, -0.15) is 13.2 Å². The van der Waals surface area contributed by atoms with Crippen LogP contribution in [0, 0.1) is 11.8 Å². The molecule has 0 aromatic heterocycles. The predicted octanol–water partition coefficient (Wildman–Crippen LogP) is 3.28. The van der Waals surface area contributed by atoms with Crippen molar-refractivity contribution in [1.29, 1.82) is 0 Å². The number of alkyl halides is 3. The molecule has 0 radical (unpaired) electrons. The van der Waals surface area contributed by atoms with Gasteiger partial charge in [0, 0.05) is 12.1 Å². The molecular weight excluding hydrogens is 345 g/mol. The minimum atomic E-state index is -4.70. The van der Waals surface area contributed by atoms with Gasteiger partial charge in [0.25, 0.3) is 0 Å². The lowest BCUT2D eigenvalue weighted by atomic mass is 9.99. The minimum Gasteiger partial charge on any atom is -0.481 e. The van der Waals surface area contributed by atoms with E-state index in [9.17, 15) is 18.0 Å². The number of nitrogens with one attached hydrogen (secondary N) is 1. The Kier molecular flexibility index (Phi) is 8.20. The summed E-state index contributed by atoms with van der Waals surface area (Å²) in [5.41, 5.74) is 5.97. The highest BCUT2D eigenvalue weighted by Gasteiger charge is 2.44. The first-order chi connectivity index (χ1) is 12.2. The Labute approximate surface area is 151 Å². The van der Waals surface area contributed by atoms with Gasteiger partial charge in [-0.15, -0.1) is 5.92 Å². The quantitative estimate of drug-likeness (QED) is 0.657. The number of carbonyl (C=O) groups is 1. The summed E-state index contributed by atoms with van der Waals surface area (Å²) in [6.45, 7) is 7.38. The van der Waals surface area contributed by atoms with Gasteiger partial charge in [-0.3, -0.25) is 4.79 Å². The van der Waals surface area contributed by atoms with E-state index in [1.807, 2.05) is 0 Å². The number of hydrogen-bond donors (Lipinski definition) is 2. The molecule has 26 heavy (non-hydrogen) atoms. The first-order valence-electron chi connectivity index (χ1n) is 8.14. The average molecular weight is 368 g/mol. The van der Waals surface area contributed by atoms with E-state index in [1.165, 1.54) is 0 Å². The Morgan fingerprint density at radius 3 is 2.46 bits per heavy atom. The van der Waals surface area contributed by atoms with E-state index in [0.29, 0.717) is 17.7 Å². The van der Waals surface area contributed by atoms with Crippen LogP contribution < -0.4 is 15.8 Å². The zero-order valence-electron chi connectivity index (χ0n) is 14.8. The van der Waals surface area contributed by atoms with Crippen LogP contribution in [0.15, 0.2) is 30.8 Å². The van der Waals surface area contributed by atoms with Gasteiger partial charge < -0.3 is 15.8 Å². The molecule has 0 heterocycles. The topological polar surface area (TPSA) is 64.4 Å². The average Bonchev–Trinajstić information content (AvgIpc) is 2.59. The predicted molar refractivity (Wildman–Crippen MR) is 95.3 cm³/mol. The Balaban J connectivity index is 2.88. The standard InChI is InChI=1S/C19H23F3N2O2/c1-4-6-12-26-15-10-8-14(9-11-15)13(3)24-17(16(25)7-5-2)18(23)19(20,21)22/h8-11,17-18,24H,3,5,7,12,23H2,1-2H3/t17-,18-/m1/s1. The van der Waals surface area contributed by atoms with Crippen molar-refractivity contribution in [2.75, 3.05) is 6.61 Å². The molecule has 1 aromatic carbocycles. The molecule has 3 N–H and O–H groups in total. The molecule has 0 saturated carbocycles. The summed E-state index contributed by atoms with van der Waals surface area (Å²) in [7, 11) is 0. The number of benzene rings is 1. The second-order valence-corrected chi connectivity index (χ2v) is 5.62. The largest absolute Gasteiger partial charge is 0.481 e. The van der Waals surface area contributed by atoms with Gasteiger partial charge in [-0.25, -0.2) is 0 Å². The monoisotopic (exact) mass is 368 g/mol. The highest BCUT2D eigenvalue weighted by molar-refractivity contribution is 5.86. The lowest BCUT2D eigenvalue weighted by molar-refractivity contribution is -0.158. The molecule has 1 aromatic rings. The number of carbonyl (C=O) groups excluding carboxylic acids is 1. The van der Waals surface area contributed by atoms with Gasteiger partial charge in [0.1, 0.15) is 24.4 Å². The second kappa shape index (κ2) is 9.88. The Bertz CT molecular complexity index is 673. The molecule has 0 amide bonds. The molecule has 1 rings (SSSR count). The fourth-order valence-electron chi connectivity index (χ4n) is 2.18. The smallest absolute Gasteiger partial charge is 0.406 e. The zero-order valence-corrected chi connectivity index (χ0v) is 14.8. The molecule has 2 atom stereocenters. The summed E-state index contributed by atoms with van der Waals surface area (Å²) in [5.74, 6) is 5.41. The molecule has 0 bridgehead atoms. The van der Waals surface area contributed by atoms with E-state index in [1.54, 1.807) is 38.1 Å². The molecule has 0 spiro atoms. The third kappa shape index (κ3) is 6.45. The van der Waals surface area contributed by atoms with Gasteiger partial charge >= 0.3 is 6.18 Å². The maximum atomic E-state index is 13.0. The van der Waals surface area contributed by atoms with Crippen LogP contribution in [0.4, 0.5) is 13.2 Å². The summed E-state index contributed by atoms with van der Waals surface area (Å²) < 4.78 is 44.3. The van der Waals surface area contributed by atoms with E-state index in [0.717, 1.165) is 0 Å². The van der Waals surface area contributed by atoms with Crippen LogP contribution in [0.1, 0.15) is 32.3 Å². The van der Waals surface area contributed by atoms with Crippen molar-refractivity contribution in [3.05, 3.63) is 36.4 Å². The summed E-state index contributed by atoms with van der Waals surface area (Å²) in [4.78, 5) is 12.1. The fourth-order valence-corrected chi connectivity index (χ4v) is 2.18. The van der Waals surface area contributed by atoms with E-state index in [-0.39, 0.29) is 18.7 Å². The normalized spacial score (nSPS) is 13.2. The van der Waals surface area contributed by atoms with Crippen molar-refractivity contribution in [3.8, 4) is 17.6 Å². The van der Waals surface area contributed by atoms with Crippen molar-refractivity contribution >= 4 is 11.5 Å². The van der Waals surface area contributed by atoms with Crippen LogP contribution in [0.25, 0.3) is 5.70 Å². The fraction of sp³-hybridized carbons (Fsp3) is 0.421. The molecule has 0 unspecified atom stereocenters. The molecule has 0 saturated heterocycles. The summed E-state index contributed by atoms with van der Waals surface area (Å²) in [6.07, 6.45) is -4.26. The number of ether oxygens (including phenoxy) is 1. The van der Waals surface area contributed by atoms with Crippen molar-refractivity contribution < 1.29 is 22.7 Å². The Morgan fingerprint density at radius 1 is 1.35 bits per heavy atom. The van der Waals surface area contributed by atoms with Crippen LogP contribution in [0.2, 0.25) is 0 Å². The first kappa shape index (κ1) is 21.6. The SMILES string of the molecule is C=C(N[C@H](C(=O)CCC)[C@@H](N)C(F)(F)F)c1ccc(OCC#CC)cc1. The third-order valence-corrected chi connectivity index (χ3v) is 3.60. The van der Waals surface area contributed by atoms with E-state index < -0.39 is 24.0 Å². The summed E-state index contributed by atoms with van der Waals surface area (Å²) in [6, 6.07) is 2.65. The first-order valence-corrected chi connectivity index (χ1v) is 8.14. The molecule has 0 aliphatic heterocycles. The number of ketones is 1. The van der Waals surface area contributed by atoms with E-state index >= 15 is 0 Å². The van der Waals surface area contributed by atoms with Crippen LogP contribution >= 0.6 is 0 Å². The molecule has 142 valence electrons. The van der Waals surface area contributed by atoms with Gasteiger partial charge in [-0.05, 0) is 43.2 Å². The van der Waals surface area contributed by atoms with Crippen molar-refractivity contribution in [2.24, 2.45) is 5.73 Å². The number of nitrogens with two attached hydrogens (primary N) is 1. The molecule has 4 nitrogen and oxygen atoms in total. The Morgan fingerprint density at radius 2 is 1.96 bits per heavy atom. The Hall–Kier alpha value is -2.46. The van der Waals surface area contributed by atoms with E-state index in [4.69, 9.17) is 10.5 Å². The summed E-state index contributed by atoms with van der Waals surface area (Å²) >= 11 is 0. The van der Waals surface area contributed by atoms with Gasteiger partial charge in [0.05, 0.1) is 0 Å². The van der Waals surface area contributed by atoms with E-state index in [2.05, 4.69) is 23.7 Å². The molecule has 0 aliphatic rings. The van der Waals surface area contributed by atoms with Crippen molar-refractivity contribution in [2.45, 2.75) is 44.9 Å². The molecule has 0 fully saturated rings. The summed E-state index contributed by atoms with van der Waals surface area (Å²) in [5, 5.41) is 2.54. The number of rotatable bonds is 9. The van der Waals surface area contributed by atoms with Gasteiger partial charge in [0.2, 0.25) is 0 Å². The van der Waals surface area contributed by atoms with Crippen LogP contribution in [0.5, 0.6) is 5.75 Å². The maximum absolute atomic E-state index is 13.0. The second-order valence-electron chi connectivity index (χ2n) is 5.62. The minimum absolute atomic E-state index is 0.0000312. The van der Waals surface area contributed by atoms with Crippen molar-refractivity contribution in [3.63, 3.8) is 0 Å². The molecule has 7 heteroatoms. The highest BCUT2D eigenvalue weighted by atomic mass is 19.4. The van der Waals surface area contributed by atoms with Crippen LogP contribution in [0.3, 0.4) is 0 Å². The maximum Gasteiger partial charge on any atom is 0.406 e. The molecular formula is C19H23F3N2O2. The highest BCUT2D eigenvalue weighted by Crippen LogP contribution is 2.24. The van der Waals surface area contributed by atoms with Crippen LogP contribution in [-0.2, 0) is 4.79 Å². The number of halogens is 3.